The molecule has 2 nitrogen and oxygen atoms in total. The number of ether oxygens (including phenoxy) is 1. The van der Waals surface area contributed by atoms with Crippen molar-refractivity contribution in [2.45, 2.75) is 18.8 Å². The first-order valence-corrected chi connectivity index (χ1v) is 4.97. The second-order valence-corrected chi connectivity index (χ2v) is 3.88. The largest absolute Gasteiger partial charge is 0.457 e. The van der Waals surface area contributed by atoms with Crippen molar-refractivity contribution >= 4 is 15.9 Å². The fourth-order valence-corrected chi connectivity index (χ4v) is 1.90. The Morgan fingerprint density at radius 2 is 2.42 bits per heavy atom. The van der Waals surface area contributed by atoms with Gasteiger partial charge in [0, 0.05) is 12.5 Å². The summed E-state index contributed by atoms with van der Waals surface area (Å²) in [4.78, 5) is 0. The van der Waals surface area contributed by atoms with Crippen LogP contribution in [0.15, 0.2) is 21.4 Å². The van der Waals surface area contributed by atoms with Gasteiger partial charge in [-0.2, -0.15) is 0 Å². The van der Waals surface area contributed by atoms with E-state index < -0.39 is 0 Å². The minimum atomic E-state index is 0.536. The fraction of sp³-hybridized carbons (Fsp3) is 0.556. The van der Waals surface area contributed by atoms with Crippen LogP contribution in [0.25, 0.3) is 0 Å². The molecule has 1 atom stereocenters. The van der Waals surface area contributed by atoms with Crippen LogP contribution < -0.4 is 0 Å². The summed E-state index contributed by atoms with van der Waals surface area (Å²) in [6, 6.07) is 2.03. The molecule has 1 aromatic heterocycles. The van der Waals surface area contributed by atoms with Gasteiger partial charge in [0.1, 0.15) is 0 Å². The molecule has 0 radical (unpaired) electrons. The monoisotopic (exact) mass is 230 g/mol. The Kier molecular flexibility index (Phi) is 2.51. The summed E-state index contributed by atoms with van der Waals surface area (Å²) in [6.07, 6.45) is 4.18. The molecule has 0 spiro atoms. The van der Waals surface area contributed by atoms with Crippen molar-refractivity contribution in [3.63, 3.8) is 0 Å². The zero-order chi connectivity index (χ0) is 8.39. The lowest BCUT2D eigenvalue weighted by Crippen LogP contribution is -2.14. The third-order valence-electron chi connectivity index (χ3n) is 2.22. The lowest BCUT2D eigenvalue weighted by atomic mass is 9.96. The highest BCUT2D eigenvalue weighted by molar-refractivity contribution is 9.10. The molecule has 12 heavy (non-hydrogen) atoms. The van der Waals surface area contributed by atoms with Crippen LogP contribution in [-0.2, 0) is 4.74 Å². The summed E-state index contributed by atoms with van der Waals surface area (Å²) < 4.78 is 11.4. The van der Waals surface area contributed by atoms with E-state index in [9.17, 15) is 0 Å². The Labute approximate surface area is 80.0 Å². The highest BCUT2D eigenvalue weighted by Gasteiger charge is 2.17. The number of halogens is 1. The topological polar surface area (TPSA) is 22.4 Å². The van der Waals surface area contributed by atoms with Gasteiger partial charge >= 0.3 is 0 Å². The van der Waals surface area contributed by atoms with Crippen LogP contribution >= 0.6 is 15.9 Å². The van der Waals surface area contributed by atoms with Gasteiger partial charge in [0.25, 0.3) is 0 Å². The molecule has 2 rings (SSSR count). The molecular weight excluding hydrogens is 220 g/mol. The van der Waals surface area contributed by atoms with Gasteiger partial charge in [-0.3, -0.25) is 0 Å². The summed E-state index contributed by atoms with van der Waals surface area (Å²) in [6.45, 7) is 1.75. The maximum absolute atomic E-state index is 5.39. The van der Waals surface area contributed by atoms with Crippen molar-refractivity contribution in [1.29, 1.82) is 0 Å². The average molecular weight is 231 g/mol. The van der Waals surface area contributed by atoms with Crippen LogP contribution in [0.5, 0.6) is 0 Å². The minimum Gasteiger partial charge on any atom is -0.457 e. The zero-order valence-electron chi connectivity index (χ0n) is 6.75. The lowest BCUT2D eigenvalue weighted by molar-refractivity contribution is 0.0803. The van der Waals surface area contributed by atoms with E-state index in [0.717, 1.165) is 24.3 Å². The maximum atomic E-state index is 5.39. The van der Waals surface area contributed by atoms with E-state index in [4.69, 9.17) is 9.15 Å². The number of rotatable bonds is 1. The average Bonchev–Trinajstić information content (AvgIpc) is 2.54. The first kappa shape index (κ1) is 8.32. The molecule has 66 valence electrons. The van der Waals surface area contributed by atoms with Crippen molar-refractivity contribution in [2.75, 3.05) is 13.2 Å². The van der Waals surface area contributed by atoms with Crippen molar-refractivity contribution < 1.29 is 9.15 Å². The highest BCUT2D eigenvalue weighted by atomic mass is 79.9. The highest BCUT2D eigenvalue weighted by Crippen LogP contribution is 2.28. The predicted octanol–water partition coefficient (Wildman–Crippen LogP) is 2.94. The fourth-order valence-electron chi connectivity index (χ4n) is 1.54. The summed E-state index contributed by atoms with van der Waals surface area (Å²) in [7, 11) is 0. The van der Waals surface area contributed by atoms with Gasteiger partial charge in [0.15, 0.2) is 4.67 Å². The number of hydrogen-bond acceptors (Lipinski definition) is 2. The van der Waals surface area contributed by atoms with Gasteiger partial charge in [0.05, 0.1) is 12.9 Å². The number of furan rings is 1. The molecule has 1 unspecified atom stereocenters. The lowest BCUT2D eigenvalue weighted by Gasteiger charge is -2.20. The van der Waals surface area contributed by atoms with Crippen molar-refractivity contribution in [3.8, 4) is 0 Å². The summed E-state index contributed by atoms with van der Waals surface area (Å²) >= 11 is 3.29. The third-order valence-corrected chi connectivity index (χ3v) is 2.64. The minimum absolute atomic E-state index is 0.536. The van der Waals surface area contributed by atoms with Gasteiger partial charge in [-0.25, -0.2) is 0 Å². The molecule has 1 aromatic rings. The Morgan fingerprint density at radius 1 is 1.50 bits per heavy atom. The van der Waals surface area contributed by atoms with Crippen LogP contribution in [0.1, 0.15) is 24.3 Å². The molecule has 2 heterocycles. The molecule has 1 fully saturated rings. The second kappa shape index (κ2) is 3.62. The van der Waals surface area contributed by atoms with Gasteiger partial charge < -0.3 is 9.15 Å². The van der Waals surface area contributed by atoms with E-state index in [1.807, 2.05) is 12.3 Å². The van der Waals surface area contributed by atoms with E-state index >= 15 is 0 Å². The maximum Gasteiger partial charge on any atom is 0.169 e. The molecule has 0 saturated carbocycles. The Balaban J connectivity index is 2.08. The Bertz CT molecular complexity index is 251. The van der Waals surface area contributed by atoms with Gasteiger partial charge in [-0.05, 0) is 40.4 Å². The second-order valence-electron chi connectivity index (χ2n) is 3.10. The summed E-state index contributed by atoms with van der Waals surface area (Å²) in [5.74, 6) is 0.536. The van der Waals surface area contributed by atoms with E-state index in [1.54, 1.807) is 0 Å². The third kappa shape index (κ3) is 1.72. The molecule has 0 N–H and O–H groups in total. The molecular formula is C9H11BrO2. The van der Waals surface area contributed by atoms with Crippen molar-refractivity contribution in [1.82, 2.24) is 0 Å². The van der Waals surface area contributed by atoms with Crippen LogP contribution in [0, 0.1) is 0 Å². The van der Waals surface area contributed by atoms with E-state index in [1.165, 1.54) is 12.0 Å². The van der Waals surface area contributed by atoms with Gasteiger partial charge in [-0.15, -0.1) is 0 Å². The number of hydrogen-bond donors (Lipinski definition) is 0. The summed E-state index contributed by atoms with van der Waals surface area (Å²) in [5, 5.41) is 0. The van der Waals surface area contributed by atoms with Crippen LogP contribution in [-0.4, -0.2) is 13.2 Å². The van der Waals surface area contributed by atoms with Crippen molar-refractivity contribution in [2.24, 2.45) is 0 Å². The molecule has 0 aromatic carbocycles. The van der Waals surface area contributed by atoms with Gasteiger partial charge in [0.2, 0.25) is 0 Å². The standard InChI is InChI=1S/C9H11BrO2/c10-9-4-8(6-12-9)7-2-1-3-11-5-7/h4,6-7H,1-3,5H2. The molecule has 1 aliphatic heterocycles. The molecule has 1 aliphatic rings. The molecule has 0 bridgehead atoms. The van der Waals surface area contributed by atoms with E-state index in [-0.39, 0.29) is 0 Å². The van der Waals surface area contributed by atoms with Gasteiger partial charge in [-0.1, -0.05) is 0 Å². The quantitative estimate of drug-likeness (QED) is 0.741. The van der Waals surface area contributed by atoms with Crippen LogP contribution in [0.2, 0.25) is 0 Å². The SMILES string of the molecule is Brc1cc(C2CCCOC2)co1. The van der Waals surface area contributed by atoms with Crippen LogP contribution in [0.3, 0.4) is 0 Å². The molecule has 3 heteroatoms. The van der Waals surface area contributed by atoms with E-state index in [0.29, 0.717) is 5.92 Å². The Morgan fingerprint density at radius 3 is 3.00 bits per heavy atom. The van der Waals surface area contributed by atoms with Crippen molar-refractivity contribution in [3.05, 3.63) is 22.6 Å². The zero-order valence-corrected chi connectivity index (χ0v) is 8.34. The normalized spacial score (nSPS) is 24.2. The molecule has 0 aliphatic carbocycles. The predicted molar refractivity (Wildman–Crippen MR) is 49.2 cm³/mol. The smallest absolute Gasteiger partial charge is 0.169 e. The van der Waals surface area contributed by atoms with Crippen LogP contribution in [0.4, 0.5) is 0 Å². The molecule has 0 amide bonds. The van der Waals surface area contributed by atoms with E-state index in [2.05, 4.69) is 15.9 Å². The summed E-state index contributed by atoms with van der Waals surface area (Å²) in [5.41, 5.74) is 1.25. The first-order valence-electron chi connectivity index (χ1n) is 4.18. The molecule has 1 saturated heterocycles. The Hall–Kier alpha value is -0.280. The first-order chi connectivity index (χ1) is 5.86.